The van der Waals surface area contributed by atoms with E-state index in [9.17, 15) is 4.79 Å². The molecular formula is C9H10N4O. The zero-order valence-corrected chi connectivity index (χ0v) is 7.98. The Balaban J connectivity index is 2.38. The van der Waals surface area contributed by atoms with Crippen LogP contribution in [0, 0.1) is 0 Å². The van der Waals surface area contributed by atoms with Crippen molar-refractivity contribution in [3.05, 3.63) is 24.2 Å². The molecule has 0 bridgehead atoms. The first kappa shape index (κ1) is 8.68. The molecule has 14 heavy (non-hydrogen) atoms. The Hall–Kier alpha value is -1.91. The predicted molar refractivity (Wildman–Crippen MR) is 50.8 cm³/mol. The highest BCUT2D eigenvalue weighted by Gasteiger charge is 2.08. The summed E-state index contributed by atoms with van der Waals surface area (Å²) < 4.78 is 1.69. The molecule has 0 radical (unpaired) electrons. The molecule has 0 amide bonds. The van der Waals surface area contributed by atoms with Gasteiger partial charge in [0.05, 0.1) is 6.20 Å². The van der Waals surface area contributed by atoms with Gasteiger partial charge in [0.25, 0.3) is 0 Å². The highest BCUT2D eigenvalue weighted by Crippen LogP contribution is 2.12. The summed E-state index contributed by atoms with van der Waals surface area (Å²) in [6, 6.07) is 1.84. The Bertz CT molecular complexity index is 469. The Labute approximate surface area is 80.8 Å². The van der Waals surface area contributed by atoms with E-state index in [1.807, 2.05) is 19.3 Å². The maximum atomic E-state index is 11.0. The van der Waals surface area contributed by atoms with Gasteiger partial charge in [-0.05, 0) is 6.07 Å². The molecule has 0 aliphatic heterocycles. The summed E-state index contributed by atoms with van der Waals surface area (Å²) >= 11 is 0. The lowest BCUT2D eigenvalue weighted by Crippen LogP contribution is -1.92. The normalized spacial score (nSPS) is 10.4. The molecule has 72 valence electrons. The molecule has 0 saturated heterocycles. The van der Waals surface area contributed by atoms with Gasteiger partial charge in [-0.15, -0.1) is 0 Å². The molecule has 0 aliphatic rings. The van der Waals surface area contributed by atoms with Gasteiger partial charge in [-0.25, -0.2) is 4.98 Å². The Morgan fingerprint density at radius 3 is 2.86 bits per heavy atom. The number of aromatic nitrogens is 4. The topological polar surface area (TPSA) is 63.6 Å². The maximum absolute atomic E-state index is 11.0. The van der Waals surface area contributed by atoms with Gasteiger partial charge in [0, 0.05) is 20.2 Å². The zero-order chi connectivity index (χ0) is 10.1. The summed E-state index contributed by atoms with van der Waals surface area (Å²) in [7, 11) is 1.83. The molecule has 2 aromatic heterocycles. The smallest absolute Gasteiger partial charge is 0.177 e. The molecule has 0 aromatic carbocycles. The molecule has 2 rings (SSSR count). The fraction of sp³-hybridized carbons (Fsp3) is 0.222. The first-order valence-electron chi connectivity index (χ1n) is 4.23. The molecule has 5 heteroatoms. The summed E-state index contributed by atoms with van der Waals surface area (Å²) in [5.41, 5.74) is 1.24. The molecule has 0 unspecified atom stereocenters. The zero-order valence-electron chi connectivity index (χ0n) is 7.98. The number of imidazole rings is 1. The van der Waals surface area contributed by atoms with Crippen LogP contribution >= 0.6 is 0 Å². The number of ketones is 1. The number of H-pyrrole nitrogens is 1. The third-order valence-electron chi connectivity index (χ3n) is 1.91. The van der Waals surface area contributed by atoms with E-state index in [4.69, 9.17) is 0 Å². The standard InChI is InChI=1S/C9H10N4O/c1-6(14)8-5-10-9(11-8)7-3-4-13(2)12-7/h3-5H,1-2H3,(H,10,11). The van der Waals surface area contributed by atoms with Crippen LogP contribution in [-0.2, 0) is 7.05 Å². The van der Waals surface area contributed by atoms with Crippen molar-refractivity contribution in [1.82, 2.24) is 19.7 Å². The number of aryl methyl sites for hydroxylation is 1. The van der Waals surface area contributed by atoms with E-state index in [-0.39, 0.29) is 5.78 Å². The fourth-order valence-corrected chi connectivity index (χ4v) is 1.17. The minimum atomic E-state index is -0.0281. The number of Topliss-reactive ketones (excluding diaryl/α,β-unsaturated/α-hetero) is 1. The maximum Gasteiger partial charge on any atom is 0.177 e. The number of aromatic amines is 1. The second-order valence-corrected chi connectivity index (χ2v) is 3.08. The molecular weight excluding hydrogens is 180 g/mol. The van der Waals surface area contributed by atoms with Crippen molar-refractivity contribution in [3.63, 3.8) is 0 Å². The van der Waals surface area contributed by atoms with E-state index in [0.717, 1.165) is 5.69 Å². The minimum absolute atomic E-state index is 0.0281. The quantitative estimate of drug-likeness (QED) is 0.719. The van der Waals surface area contributed by atoms with Crippen molar-refractivity contribution in [2.45, 2.75) is 6.92 Å². The SMILES string of the molecule is CC(=O)c1cnc(-c2ccn(C)n2)[nH]1. The number of carbonyl (C=O) groups is 1. The van der Waals surface area contributed by atoms with Crippen molar-refractivity contribution in [3.8, 4) is 11.5 Å². The van der Waals surface area contributed by atoms with Gasteiger partial charge in [-0.3, -0.25) is 9.48 Å². The summed E-state index contributed by atoms with van der Waals surface area (Å²) in [6.07, 6.45) is 3.34. The van der Waals surface area contributed by atoms with E-state index in [0.29, 0.717) is 11.5 Å². The van der Waals surface area contributed by atoms with E-state index in [2.05, 4.69) is 15.1 Å². The van der Waals surface area contributed by atoms with Crippen LogP contribution in [0.15, 0.2) is 18.5 Å². The molecule has 0 spiro atoms. The highest BCUT2D eigenvalue weighted by atomic mass is 16.1. The minimum Gasteiger partial charge on any atom is -0.334 e. The van der Waals surface area contributed by atoms with E-state index < -0.39 is 0 Å². The van der Waals surface area contributed by atoms with E-state index in [1.165, 1.54) is 13.1 Å². The lowest BCUT2D eigenvalue weighted by Gasteiger charge is -1.89. The molecule has 0 saturated carbocycles. The van der Waals surface area contributed by atoms with Crippen LogP contribution in [0.2, 0.25) is 0 Å². The molecule has 5 nitrogen and oxygen atoms in total. The van der Waals surface area contributed by atoms with Crippen molar-refractivity contribution >= 4 is 5.78 Å². The van der Waals surface area contributed by atoms with Gasteiger partial charge in [-0.2, -0.15) is 5.10 Å². The number of rotatable bonds is 2. The number of hydrogen-bond acceptors (Lipinski definition) is 3. The van der Waals surface area contributed by atoms with Gasteiger partial charge in [0.2, 0.25) is 0 Å². The monoisotopic (exact) mass is 190 g/mol. The molecule has 0 aliphatic carbocycles. The largest absolute Gasteiger partial charge is 0.334 e. The Morgan fingerprint density at radius 1 is 1.57 bits per heavy atom. The molecule has 2 heterocycles. The van der Waals surface area contributed by atoms with Crippen molar-refractivity contribution in [2.75, 3.05) is 0 Å². The van der Waals surface area contributed by atoms with Crippen LogP contribution in [-0.4, -0.2) is 25.5 Å². The van der Waals surface area contributed by atoms with Gasteiger partial charge in [-0.1, -0.05) is 0 Å². The van der Waals surface area contributed by atoms with Gasteiger partial charge >= 0.3 is 0 Å². The van der Waals surface area contributed by atoms with Crippen LogP contribution in [0.5, 0.6) is 0 Å². The molecule has 1 N–H and O–H groups in total. The van der Waals surface area contributed by atoms with Gasteiger partial charge < -0.3 is 4.98 Å². The highest BCUT2D eigenvalue weighted by molar-refractivity contribution is 5.92. The molecule has 0 fully saturated rings. The van der Waals surface area contributed by atoms with Crippen LogP contribution in [0.25, 0.3) is 11.5 Å². The number of carbonyl (C=O) groups excluding carboxylic acids is 1. The summed E-state index contributed by atoms with van der Waals surface area (Å²) in [6.45, 7) is 1.50. The number of nitrogens with one attached hydrogen (secondary N) is 1. The van der Waals surface area contributed by atoms with Gasteiger partial charge in [0.15, 0.2) is 11.6 Å². The van der Waals surface area contributed by atoms with Crippen molar-refractivity contribution < 1.29 is 4.79 Å². The second-order valence-electron chi connectivity index (χ2n) is 3.08. The first-order chi connectivity index (χ1) is 6.66. The van der Waals surface area contributed by atoms with Crippen LogP contribution in [0.1, 0.15) is 17.4 Å². The van der Waals surface area contributed by atoms with Gasteiger partial charge in [0.1, 0.15) is 11.4 Å². The summed E-state index contributed by atoms with van der Waals surface area (Å²) in [4.78, 5) is 18.0. The molecule has 0 atom stereocenters. The Kier molecular flexibility index (Phi) is 1.92. The predicted octanol–water partition coefficient (Wildman–Crippen LogP) is 1.01. The average molecular weight is 190 g/mol. The third-order valence-corrected chi connectivity index (χ3v) is 1.91. The van der Waals surface area contributed by atoms with Crippen LogP contribution < -0.4 is 0 Å². The summed E-state index contributed by atoms with van der Waals surface area (Å²) in [5.74, 6) is 0.593. The molecule has 2 aromatic rings. The van der Waals surface area contributed by atoms with Crippen LogP contribution in [0.3, 0.4) is 0 Å². The second kappa shape index (κ2) is 3.10. The van der Waals surface area contributed by atoms with Crippen LogP contribution in [0.4, 0.5) is 0 Å². The number of nitrogens with zero attached hydrogens (tertiary/aromatic N) is 3. The van der Waals surface area contributed by atoms with E-state index >= 15 is 0 Å². The van der Waals surface area contributed by atoms with Crippen molar-refractivity contribution in [1.29, 1.82) is 0 Å². The lowest BCUT2D eigenvalue weighted by atomic mass is 10.3. The fourth-order valence-electron chi connectivity index (χ4n) is 1.17. The average Bonchev–Trinajstić information content (AvgIpc) is 2.70. The first-order valence-corrected chi connectivity index (χ1v) is 4.23. The summed E-state index contributed by atoms with van der Waals surface area (Å²) in [5, 5.41) is 4.17. The lowest BCUT2D eigenvalue weighted by molar-refractivity contribution is 0.101. The number of hydrogen-bond donors (Lipinski definition) is 1. The third kappa shape index (κ3) is 1.44. The van der Waals surface area contributed by atoms with Crippen molar-refractivity contribution in [2.24, 2.45) is 7.05 Å². The Morgan fingerprint density at radius 2 is 2.36 bits per heavy atom. The van der Waals surface area contributed by atoms with E-state index in [1.54, 1.807) is 4.68 Å².